The molecule has 0 bridgehead atoms. The van der Waals surface area contributed by atoms with Crippen LogP contribution in [0.15, 0.2) is 30.6 Å². The number of rotatable bonds is 3. The summed E-state index contributed by atoms with van der Waals surface area (Å²) in [4.78, 5) is 18.4. The first-order valence-electron chi connectivity index (χ1n) is 6.51. The van der Waals surface area contributed by atoms with Gasteiger partial charge >= 0.3 is 0 Å². The SMILES string of the molecule is Cc1cc(C(=O)NCc2cn3cc(Cl)ccc3n2)sc1C. The van der Waals surface area contributed by atoms with Crippen molar-refractivity contribution < 1.29 is 4.79 Å². The minimum absolute atomic E-state index is 0.0636. The minimum Gasteiger partial charge on any atom is -0.346 e. The number of pyridine rings is 1. The fraction of sp³-hybridized carbons (Fsp3) is 0.200. The van der Waals surface area contributed by atoms with Gasteiger partial charge in [-0.15, -0.1) is 11.3 Å². The van der Waals surface area contributed by atoms with Gasteiger partial charge in [0.05, 0.1) is 22.1 Å². The van der Waals surface area contributed by atoms with Crippen LogP contribution < -0.4 is 5.32 Å². The normalized spacial score (nSPS) is 11.0. The van der Waals surface area contributed by atoms with Crippen LogP contribution in [0.1, 0.15) is 25.8 Å². The fourth-order valence-electron chi connectivity index (χ4n) is 2.05. The van der Waals surface area contributed by atoms with Crippen LogP contribution in [0.5, 0.6) is 0 Å². The Kier molecular flexibility index (Phi) is 3.69. The summed E-state index contributed by atoms with van der Waals surface area (Å²) in [5.41, 5.74) is 2.76. The Morgan fingerprint density at radius 2 is 2.19 bits per heavy atom. The zero-order valence-electron chi connectivity index (χ0n) is 11.7. The van der Waals surface area contributed by atoms with Crippen LogP contribution in [0, 0.1) is 13.8 Å². The number of fused-ring (bicyclic) bond motifs is 1. The lowest BCUT2D eigenvalue weighted by Gasteiger charge is -1.99. The third kappa shape index (κ3) is 2.94. The van der Waals surface area contributed by atoms with E-state index in [1.54, 1.807) is 12.3 Å². The van der Waals surface area contributed by atoms with E-state index in [9.17, 15) is 4.79 Å². The number of carbonyl (C=O) groups is 1. The third-order valence-corrected chi connectivity index (χ3v) is 4.66. The second kappa shape index (κ2) is 5.50. The van der Waals surface area contributed by atoms with E-state index >= 15 is 0 Å². The van der Waals surface area contributed by atoms with Crippen LogP contribution >= 0.6 is 22.9 Å². The largest absolute Gasteiger partial charge is 0.346 e. The number of halogens is 1. The van der Waals surface area contributed by atoms with Crippen LogP contribution in [0.4, 0.5) is 0 Å². The molecule has 3 rings (SSSR count). The monoisotopic (exact) mass is 319 g/mol. The predicted octanol–water partition coefficient (Wildman–Crippen LogP) is 3.60. The van der Waals surface area contributed by atoms with Crippen molar-refractivity contribution in [2.75, 3.05) is 0 Å². The summed E-state index contributed by atoms with van der Waals surface area (Å²) in [5.74, 6) is -0.0636. The molecule has 6 heteroatoms. The van der Waals surface area contributed by atoms with Gasteiger partial charge in [0.25, 0.3) is 5.91 Å². The molecule has 3 aromatic heterocycles. The standard InChI is InChI=1S/C15H14ClN3OS/c1-9-5-13(21-10(9)2)15(20)17-6-12-8-19-7-11(16)3-4-14(19)18-12/h3-5,7-8H,6H2,1-2H3,(H,17,20). The first kappa shape index (κ1) is 14.1. The van der Waals surface area contributed by atoms with Gasteiger partial charge in [0.2, 0.25) is 0 Å². The first-order valence-corrected chi connectivity index (χ1v) is 7.71. The van der Waals surface area contributed by atoms with Gasteiger partial charge < -0.3 is 9.72 Å². The number of aromatic nitrogens is 2. The maximum Gasteiger partial charge on any atom is 0.261 e. The van der Waals surface area contributed by atoms with Gasteiger partial charge in [0.15, 0.2) is 0 Å². The lowest BCUT2D eigenvalue weighted by Crippen LogP contribution is -2.21. The zero-order valence-corrected chi connectivity index (χ0v) is 13.3. The van der Waals surface area contributed by atoms with Crippen molar-refractivity contribution in [2.45, 2.75) is 20.4 Å². The van der Waals surface area contributed by atoms with Gasteiger partial charge in [0, 0.05) is 17.3 Å². The van der Waals surface area contributed by atoms with Crippen LogP contribution in [0.3, 0.4) is 0 Å². The Morgan fingerprint density at radius 3 is 2.90 bits per heavy atom. The molecule has 0 saturated carbocycles. The van der Waals surface area contributed by atoms with Gasteiger partial charge in [-0.2, -0.15) is 0 Å². The number of carbonyl (C=O) groups excluding carboxylic acids is 1. The van der Waals surface area contributed by atoms with Crippen molar-refractivity contribution in [3.05, 3.63) is 56.6 Å². The molecule has 0 aliphatic heterocycles. The Labute approximate surface area is 131 Å². The summed E-state index contributed by atoms with van der Waals surface area (Å²) in [7, 11) is 0. The molecule has 3 heterocycles. The van der Waals surface area contributed by atoms with Crippen molar-refractivity contribution in [3.63, 3.8) is 0 Å². The smallest absolute Gasteiger partial charge is 0.261 e. The molecule has 108 valence electrons. The van der Waals surface area contributed by atoms with Crippen LogP contribution in [-0.4, -0.2) is 15.3 Å². The number of hydrogen-bond acceptors (Lipinski definition) is 3. The molecular weight excluding hydrogens is 306 g/mol. The van der Waals surface area contributed by atoms with Crippen molar-refractivity contribution in [3.8, 4) is 0 Å². The highest BCUT2D eigenvalue weighted by atomic mass is 35.5. The average molecular weight is 320 g/mol. The van der Waals surface area contributed by atoms with Gasteiger partial charge in [-0.25, -0.2) is 4.98 Å². The van der Waals surface area contributed by atoms with E-state index in [2.05, 4.69) is 10.3 Å². The molecule has 3 aromatic rings. The Hall–Kier alpha value is -1.85. The molecule has 0 unspecified atom stereocenters. The summed E-state index contributed by atoms with van der Waals surface area (Å²) in [5, 5.41) is 3.55. The molecule has 0 radical (unpaired) electrons. The fourth-order valence-corrected chi connectivity index (χ4v) is 3.16. The molecule has 4 nitrogen and oxygen atoms in total. The summed E-state index contributed by atoms with van der Waals surface area (Å²) in [6.45, 7) is 4.42. The van der Waals surface area contributed by atoms with E-state index in [0.29, 0.717) is 11.6 Å². The maximum atomic E-state index is 12.1. The third-order valence-electron chi connectivity index (χ3n) is 3.28. The molecule has 1 amide bonds. The van der Waals surface area contributed by atoms with E-state index < -0.39 is 0 Å². The Bertz CT molecular complexity index is 802. The molecule has 0 fully saturated rings. The van der Waals surface area contributed by atoms with E-state index in [1.807, 2.05) is 36.6 Å². The van der Waals surface area contributed by atoms with Crippen molar-refractivity contribution >= 4 is 34.5 Å². The average Bonchev–Trinajstić information content (AvgIpc) is 2.99. The lowest BCUT2D eigenvalue weighted by atomic mass is 10.3. The number of nitrogens with zero attached hydrogens (tertiary/aromatic N) is 2. The van der Waals surface area contributed by atoms with E-state index in [-0.39, 0.29) is 5.91 Å². The van der Waals surface area contributed by atoms with Crippen molar-refractivity contribution in [1.82, 2.24) is 14.7 Å². The van der Waals surface area contributed by atoms with E-state index in [1.165, 1.54) is 16.2 Å². The summed E-state index contributed by atoms with van der Waals surface area (Å²) in [6, 6.07) is 5.56. The molecule has 0 spiro atoms. The number of amides is 1. The van der Waals surface area contributed by atoms with Crippen LogP contribution in [-0.2, 0) is 6.54 Å². The highest BCUT2D eigenvalue weighted by Gasteiger charge is 2.11. The van der Waals surface area contributed by atoms with Gasteiger partial charge in [-0.3, -0.25) is 4.79 Å². The Balaban J connectivity index is 1.72. The van der Waals surface area contributed by atoms with E-state index in [4.69, 9.17) is 11.6 Å². The van der Waals surface area contributed by atoms with Gasteiger partial charge in [0.1, 0.15) is 5.65 Å². The number of aryl methyl sites for hydroxylation is 2. The lowest BCUT2D eigenvalue weighted by molar-refractivity contribution is 0.0954. The molecule has 0 saturated heterocycles. The van der Waals surface area contributed by atoms with E-state index in [0.717, 1.165) is 21.8 Å². The number of hydrogen-bond donors (Lipinski definition) is 1. The molecule has 1 N–H and O–H groups in total. The van der Waals surface area contributed by atoms with Gasteiger partial charge in [-0.05, 0) is 37.6 Å². The van der Waals surface area contributed by atoms with Crippen LogP contribution in [0.25, 0.3) is 5.65 Å². The second-order valence-electron chi connectivity index (χ2n) is 4.88. The summed E-state index contributed by atoms with van der Waals surface area (Å²) < 4.78 is 1.85. The van der Waals surface area contributed by atoms with Crippen molar-refractivity contribution in [2.24, 2.45) is 0 Å². The highest BCUT2D eigenvalue weighted by molar-refractivity contribution is 7.14. The number of nitrogens with one attached hydrogen (secondary N) is 1. The zero-order chi connectivity index (χ0) is 15.0. The summed E-state index contributed by atoms with van der Waals surface area (Å²) >= 11 is 7.45. The second-order valence-corrected chi connectivity index (χ2v) is 6.57. The molecule has 0 atom stereocenters. The predicted molar refractivity (Wildman–Crippen MR) is 85.2 cm³/mol. The molecule has 21 heavy (non-hydrogen) atoms. The topological polar surface area (TPSA) is 46.4 Å². The summed E-state index contributed by atoms with van der Waals surface area (Å²) in [6.07, 6.45) is 3.66. The van der Waals surface area contributed by atoms with Crippen molar-refractivity contribution in [1.29, 1.82) is 0 Å². The molecule has 0 aliphatic carbocycles. The molecular formula is C15H14ClN3OS. The minimum atomic E-state index is -0.0636. The Morgan fingerprint density at radius 1 is 1.38 bits per heavy atom. The number of imidazole rings is 1. The number of thiophene rings is 1. The highest BCUT2D eigenvalue weighted by Crippen LogP contribution is 2.20. The first-order chi connectivity index (χ1) is 10.0. The maximum absolute atomic E-state index is 12.1. The van der Waals surface area contributed by atoms with Crippen LogP contribution in [0.2, 0.25) is 5.02 Å². The molecule has 0 aliphatic rings. The quantitative estimate of drug-likeness (QED) is 0.802. The van der Waals surface area contributed by atoms with Gasteiger partial charge in [-0.1, -0.05) is 11.6 Å². The molecule has 0 aromatic carbocycles.